The van der Waals surface area contributed by atoms with Gasteiger partial charge in [-0.15, -0.1) is 0 Å². The SMILES string of the molecule is CNCCCN(C)c1c([N+](=O)[O-])c(C)nn1C. The first-order valence-electron chi connectivity index (χ1n) is 5.52. The quantitative estimate of drug-likeness (QED) is 0.450. The number of hydrogen-bond acceptors (Lipinski definition) is 5. The molecule has 7 nitrogen and oxygen atoms in total. The molecule has 0 fully saturated rings. The second-order valence-electron chi connectivity index (χ2n) is 4.02. The molecule has 0 aliphatic carbocycles. The number of aromatic nitrogens is 2. The maximum absolute atomic E-state index is 11.0. The minimum atomic E-state index is -0.369. The summed E-state index contributed by atoms with van der Waals surface area (Å²) in [7, 11) is 5.46. The van der Waals surface area contributed by atoms with E-state index in [-0.39, 0.29) is 10.6 Å². The highest BCUT2D eigenvalue weighted by Crippen LogP contribution is 2.29. The van der Waals surface area contributed by atoms with Gasteiger partial charge in [-0.2, -0.15) is 5.10 Å². The van der Waals surface area contributed by atoms with Gasteiger partial charge in [-0.3, -0.25) is 10.1 Å². The summed E-state index contributed by atoms with van der Waals surface area (Å²) in [6.07, 6.45) is 0.925. The molecule has 0 aliphatic heterocycles. The van der Waals surface area contributed by atoms with Gasteiger partial charge < -0.3 is 10.2 Å². The Labute approximate surface area is 101 Å². The first-order valence-corrected chi connectivity index (χ1v) is 5.52. The summed E-state index contributed by atoms with van der Waals surface area (Å²) in [6, 6.07) is 0. The lowest BCUT2D eigenvalue weighted by atomic mass is 10.3. The molecule has 1 aromatic rings. The summed E-state index contributed by atoms with van der Waals surface area (Å²) < 4.78 is 1.56. The number of rotatable bonds is 6. The van der Waals surface area contributed by atoms with Crippen LogP contribution in [-0.4, -0.2) is 41.9 Å². The molecule has 1 aromatic heterocycles. The van der Waals surface area contributed by atoms with Crippen molar-refractivity contribution in [2.45, 2.75) is 13.3 Å². The molecule has 0 bridgehead atoms. The third-order valence-corrected chi connectivity index (χ3v) is 2.63. The van der Waals surface area contributed by atoms with Crippen LogP contribution in [-0.2, 0) is 7.05 Å². The summed E-state index contributed by atoms with van der Waals surface area (Å²) >= 11 is 0. The van der Waals surface area contributed by atoms with Gasteiger partial charge in [-0.05, 0) is 26.9 Å². The molecule has 0 aromatic carbocycles. The molecular formula is C10H19N5O2. The molecule has 1 rings (SSSR count). The van der Waals surface area contributed by atoms with E-state index in [1.54, 1.807) is 18.7 Å². The molecule has 0 atom stereocenters. The van der Waals surface area contributed by atoms with Crippen molar-refractivity contribution in [3.63, 3.8) is 0 Å². The predicted octanol–water partition coefficient (Wildman–Crippen LogP) is 0.682. The fraction of sp³-hybridized carbons (Fsp3) is 0.700. The van der Waals surface area contributed by atoms with Gasteiger partial charge in [0.05, 0.1) is 4.92 Å². The maximum atomic E-state index is 11.0. The molecule has 96 valence electrons. The molecule has 0 radical (unpaired) electrons. The van der Waals surface area contributed by atoms with E-state index in [1.165, 1.54) is 0 Å². The van der Waals surface area contributed by atoms with Crippen LogP contribution in [0.4, 0.5) is 11.5 Å². The van der Waals surface area contributed by atoms with Crippen LogP contribution in [0.3, 0.4) is 0 Å². The summed E-state index contributed by atoms with van der Waals surface area (Å²) in [5, 5.41) is 18.2. The monoisotopic (exact) mass is 241 g/mol. The van der Waals surface area contributed by atoms with E-state index in [2.05, 4.69) is 10.4 Å². The number of hydrogen-bond donors (Lipinski definition) is 1. The third kappa shape index (κ3) is 2.94. The minimum Gasteiger partial charge on any atom is -0.354 e. The van der Waals surface area contributed by atoms with Gasteiger partial charge in [-0.25, -0.2) is 4.68 Å². The standard InChI is InChI=1S/C10H19N5O2/c1-8-9(15(16)17)10(14(4)12-8)13(3)7-5-6-11-2/h11H,5-7H2,1-4H3. The van der Waals surface area contributed by atoms with Crippen LogP contribution in [0, 0.1) is 17.0 Å². The highest BCUT2D eigenvalue weighted by Gasteiger charge is 2.26. The van der Waals surface area contributed by atoms with Gasteiger partial charge in [0.1, 0.15) is 5.69 Å². The molecule has 1 N–H and O–H groups in total. The number of nitrogens with one attached hydrogen (secondary N) is 1. The zero-order valence-corrected chi connectivity index (χ0v) is 10.7. The number of nitro groups is 1. The Bertz CT molecular complexity index is 402. The fourth-order valence-corrected chi connectivity index (χ4v) is 1.88. The van der Waals surface area contributed by atoms with Crippen molar-refractivity contribution < 1.29 is 4.92 Å². The number of nitrogens with zero attached hydrogens (tertiary/aromatic N) is 4. The smallest absolute Gasteiger partial charge is 0.333 e. The molecule has 0 unspecified atom stereocenters. The van der Waals surface area contributed by atoms with E-state index < -0.39 is 0 Å². The average molecular weight is 241 g/mol. The lowest BCUT2D eigenvalue weighted by Crippen LogP contribution is -2.24. The lowest BCUT2D eigenvalue weighted by molar-refractivity contribution is -0.384. The molecule has 0 spiro atoms. The first-order chi connectivity index (χ1) is 7.99. The van der Waals surface area contributed by atoms with Gasteiger partial charge >= 0.3 is 5.69 Å². The van der Waals surface area contributed by atoms with Crippen LogP contribution in [0.25, 0.3) is 0 Å². The Kier molecular flexibility index (Phi) is 4.45. The second-order valence-corrected chi connectivity index (χ2v) is 4.02. The van der Waals surface area contributed by atoms with Crippen LogP contribution in [0.5, 0.6) is 0 Å². The number of anilines is 1. The topological polar surface area (TPSA) is 76.2 Å². The Morgan fingerprint density at radius 1 is 1.59 bits per heavy atom. The van der Waals surface area contributed by atoms with Gasteiger partial charge in [0, 0.05) is 20.6 Å². The highest BCUT2D eigenvalue weighted by atomic mass is 16.6. The Balaban J connectivity index is 2.92. The Morgan fingerprint density at radius 2 is 2.24 bits per heavy atom. The fourth-order valence-electron chi connectivity index (χ4n) is 1.88. The molecule has 0 saturated carbocycles. The summed E-state index contributed by atoms with van der Waals surface area (Å²) in [5.41, 5.74) is 0.549. The number of aryl methyl sites for hydroxylation is 2. The molecule has 0 saturated heterocycles. The van der Waals surface area contributed by atoms with Crippen molar-refractivity contribution in [1.29, 1.82) is 0 Å². The average Bonchev–Trinajstić information content (AvgIpc) is 2.53. The normalized spacial score (nSPS) is 10.6. The summed E-state index contributed by atoms with van der Waals surface area (Å²) in [6.45, 7) is 3.29. The van der Waals surface area contributed by atoms with Crippen molar-refractivity contribution >= 4 is 11.5 Å². The van der Waals surface area contributed by atoms with Crippen molar-refractivity contribution in [2.24, 2.45) is 7.05 Å². The highest BCUT2D eigenvalue weighted by molar-refractivity contribution is 5.60. The zero-order chi connectivity index (χ0) is 13.0. The van der Waals surface area contributed by atoms with Gasteiger partial charge in [0.25, 0.3) is 0 Å². The summed E-state index contributed by atoms with van der Waals surface area (Å²) in [5.74, 6) is 0.559. The zero-order valence-electron chi connectivity index (χ0n) is 10.7. The van der Waals surface area contributed by atoms with E-state index in [1.807, 2.05) is 19.0 Å². The summed E-state index contributed by atoms with van der Waals surface area (Å²) in [4.78, 5) is 12.5. The van der Waals surface area contributed by atoms with Gasteiger partial charge in [-0.1, -0.05) is 0 Å². The Hall–Kier alpha value is -1.63. The lowest BCUT2D eigenvalue weighted by Gasteiger charge is -2.18. The largest absolute Gasteiger partial charge is 0.354 e. The first kappa shape index (κ1) is 13.4. The van der Waals surface area contributed by atoms with Crippen LogP contribution < -0.4 is 10.2 Å². The molecule has 17 heavy (non-hydrogen) atoms. The van der Waals surface area contributed by atoms with Crippen LogP contribution in [0.2, 0.25) is 0 Å². The molecule has 0 amide bonds. The van der Waals surface area contributed by atoms with E-state index in [0.29, 0.717) is 11.5 Å². The van der Waals surface area contributed by atoms with Crippen molar-refractivity contribution in [2.75, 3.05) is 32.1 Å². The van der Waals surface area contributed by atoms with E-state index in [4.69, 9.17) is 0 Å². The molecule has 7 heteroatoms. The van der Waals surface area contributed by atoms with E-state index in [9.17, 15) is 10.1 Å². The van der Waals surface area contributed by atoms with Gasteiger partial charge in [0.15, 0.2) is 0 Å². The van der Waals surface area contributed by atoms with Crippen molar-refractivity contribution in [3.8, 4) is 0 Å². The predicted molar refractivity (Wildman–Crippen MR) is 66.4 cm³/mol. The second kappa shape index (κ2) is 5.62. The maximum Gasteiger partial charge on any atom is 0.333 e. The van der Waals surface area contributed by atoms with Crippen molar-refractivity contribution in [1.82, 2.24) is 15.1 Å². The van der Waals surface area contributed by atoms with Crippen LogP contribution >= 0.6 is 0 Å². The third-order valence-electron chi connectivity index (χ3n) is 2.63. The molecular weight excluding hydrogens is 222 g/mol. The van der Waals surface area contributed by atoms with Crippen LogP contribution in [0.1, 0.15) is 12.1 Å². The molecule has 0 aliphatic rings. The van der Waals surface area contributed by atoms with E-state index in [0.717, 1.165) is 19.5 Å². The molecule has 1 heterocycles. The van der Waals surface area contributed by atoms with E-state index >= 15 is 0 Å². The van der Waals surface area contributed by atoms with Crippen LogP contribution in [0.15, 0.2) is 0 Å². The Morgan fingerprint density at radius 3 is 2.76 bits per heavy atom. The minimum absolute atomic E-state index is 0.0967. The van der Waals surface area contributed by atoms with Gasteiger partial charge in [0.2, 0.25) is 5.82 Å². The van der Waals surface area contributed by atoms with Crippen molar-refractivity contribution in [3.05, 3.63) is 15.8 Å².